The van der Waals surface area contributed by atoms with E-state index >= 15 is 0 Å². The minimum atomic E-state index is -0.832. The first-order chi connectivity index (χ1) is 10.1. The van der Waals surface area contributed by atoms with E-state index in [1.807, 2.05) is 12.1 Å². The molecule has 0 bridgehead atoms. The average Bonchev–Trinajstić information content (AvgIpc) is 2.50. The smallest absolute Gasteiger partial charge is 0.251 e. The van der Waals surface area contributed by atoms with Gasteiger partial charge in [-0.2, -0.15) is 0 Å². The molecule has 0 fully saturated rings. The minimum Gasteiger partial charge on any atom is -0.388 e. The van der Waals surface area contributed by atoms with Gasteiger partial charge < -0.3 is 10.4 Å². The fourth-order valence-electron chi connectivity index (χ4n) is 2.63. The van der Waals surface area contributed by atoms with Gasteiger partial charge in [0, 0.05) is 18.5 Å². The van der Waals surface area contributed by atoms with E-state index in [2.05, 4.69) is 5.32 Å². The first-order valence-corrected chi connectivity index (χ1v) is 6.97. The summed E-state index contributed by atoms with van der Waals surface area (Å²) in [6.07, 6.45) is 0.152. The molecule has 108 valence electrons. The molecule has 1 amide bonds. The Hall–Kier alpha value is -2.20. The predicted octanol–water partition coefficient (Wildman–Crippen LogP) is 2.39. The van der Waals surface area contributed by atoms with Gasteiger partial charge in [-0.3, -0.25) is 4.79 Å². The van der Waals surface area contributed by atoms with Crippen LogP contribution < -0.4 is 5.32 Å². The molecule has 4 heteroatoms. The summed E-state index contributed by atoms with van der Waals surface area (Å²) in [5.41, 5.74) is 2.69. The largest absolute Gasteiger partial charge is 0.388 e. The molecule has 2 aromatic carbocycles. The van der Waals surface area contributed by atoms with Gasteiger partial charge in [0.15, 0.2) is 0 Å². The topological polar surface area (TPSA) is 49.3 Å². The lowest BCUT2D eigenvalue weighted by atomic mass is 9.94. The molecule has 0 radical (unpaired) electrons. The number of carbonyl (C=O) groups is 1. The zero-order chi connectivity index (χ0) is 14.8. The number of rotatable bonds is 3. The molecule has 0 saturated heterocycles. The number of carbonyl (C=O) groups excluding carboxylic acids is 1. The SMILES string of the molecule is O=C1NCCc2ccc(C(O)Cc3ccccc3F)cc21. The van der Waals surface area contributed by atoms with Gasteiger partial charge in [-0.15, -0.1) is 0 Å². The third-order valence-electron chi connectivity index (χ3n) is 3.81. The van der Waals surface area contributed by atoms with Crippen molar-refractivity contribution in [2.45, 2.75) is 18.9 Å². The number of fused-ring (bicyclic) bond motifs is 1. The van der Waals surface area contributed by atoms with Gasteiger partial charge in [-0.25, -0.2) is 4.39 Å². The molecule has 2 N–H and O–H groups in total. The Labute approximate surface area is 122 Å². The second-order valence-electron chi connectivity index (χ2n) is 5.23. The number of aliphatic hydroxyl groups is 1. The first kappa shape index (κ1) is 13.8. The van der Waals surface area contributed by atoms with Crippen LogP contribution >= 0.6 is 0 Å². The van der Waals surface area contributed by atoms with Gasteiger partial charge in [0.05, 0.1) is 6.10 Å². The van der Waals surface area contributed by atoms with E-state index in [4.69, 9.17) is 0 Å². The Morgan fingerprint density at radius 3 is 2.86 bits per heavy atom. The molecule has 0 aliphatic carbocycles. The van der Waals surface area contributed by atoms with Gasteiger partial charge in [0.1, 0.15) is 5.82 Å². The van der Waals surface area contributed by atoms with Crippen molar-refractivity contribution in [3.63, 3.8) is 0 Å². The van der Waals surface area contributed by atoms with Gasteiger partial charge >= 0.3 is 0 Å². The number of halogens is 1. The Balaban J connectivity index is 1.85. The fourth-order valence-corrected chi connectivity index (χ4v) is 2.63. The summed E-state index contributed by atoms with van der Waals surface area (Å²) in [7, 11) is 0. The maximum Gasteiger partial charge on any atom is 0.251 e. The second-order valence-corrected chi connectivity index (χ2v) is 5.23. The molecule has 1 aliphatic rings. The second kappa shape index (κ2) is 5.66. The zero-order valence-electron chi connectivity index (χ0n) is 11.5. The monoisotopic (exact) mass is 285 g/mol. The number of amides is 1. The summed E-state index contributed by atoms with van der Waals surface area (Å²) in [4.78, 5) is 11.8. The van der Waals surface area contributed by atoms with E-state index in [1.54, 1.807) is 24.3 Å². The third kappa shape index (κ3) is 2.81. The molecule has 3 nitrogen and oxygen atoms in total. The molecule has 21 heavy (non-hydrogen) atoms. The normalized spacial score (nSPS) is 15.2. The van der Waals surface area contributed by atoms with Gasteiger partial charge in [-0.1, -0.05) is 30.3 Å². The summed E-state index contributed by atoms with van der Waals surface area (Å²) in [5, 5.41) is 13.1. The Bertz CT molecular complexity index is 684. The predicted molar refractivity (Wildman–Crippen MR) is 77.5 cm³/mol. The van der Waals surface area contributed by atoms with E-state index in [9.17, 15) is 14.3 Å². The van der Waals surface area contributed by atoms with Crippen molar-refractivity contribution >= 4 is 5.91 Å². The number of hydrogen-bond acceptors (Lipinski definition) is 2. The highest BCUT2D eigenvalue weighted by Gasteiger charge is 2.19. The minimum absolute atomic E-state index is 0.115. The van der Waals surface area contributed by atoms with Gasteiger partial charge in [0.2, 0.25) is 0 Å². The van der Waals surface area contributed by atoms with Crippen molar-refractivity contribution in [2.75, 3.05) is 6.54 Å². The standard InChI is InChI=1S/C17H16FNO2/c18-15-4-2-1-3-12(15)10-16(20)13-6-5-11-7-8-19-17(21)14(11)9-13/h1-6,9,16,20H,7-8,10H2,(H,19,21). The van der Waals surface area contributed by atoms with Crippen LogP contribution in [0.15, 0.2) is 42.5 Å². The summed E-state index contributed by atoms with van der Waals surface area (Å²) in [6.45, 7) is 0.642. The van der Waals surface area contributed by atoms with Crippen molar-refractivity contribution in [3.05, 3.63) is 70.5 Å². The third-order valence-corrected chi connectivity index (χ3v) is 3.81. The number of aliphatic hydroxyl groups excluding tert-OH is 1. The molecular weight excluding hydrogens is 269 g/mol. The van der Waals surface area contributed by atoms with Crippen molar-refractivity contribution in [1.29, 1.82) is 0 Å². The van der Waals surface area contributed by atoms with Gasteiger partial charge in [-0.05, 0) is 35.2 Å². The van der Waals surface area contributed by atoms with Crippen molar-refractivity contribution < 1.29 is 14.3 Å². The summed E-state index contributed by atoms with van der Waals surface area (Å²) < 4.78 is 13.6. The summed E-state index contributed by atoms with van der Waals surface area (Å²) >= 11 is 0. The maximum atomic E-state index is 13.6. The van der Waals surface area contributed by atoms with Gasteiger partial charge in [0.25, 0.3) is 5.91 Å². The highest BCUT2D eigenvalue weighted by molar-refractivity contribution is 5.96. The highest BCUT2D eigenvalue weighted by atomic mass is 19.1. The Morgan fingerprint density at radius 2 is 2.05 bits per heavy atom. The average molecular weight is 285 g/mol. The van der Waals surface area contributed by atoms with E-state index in [0.717, 1.165) is 12.0 Å². The van der Waals surface area contributed by atoms with Crippen LogP contribution in [0, 0.1) is 5.82 Å². The molecule has 0 spiro atoms. The summed E-state index contributed by atoms with van der Waals surface area (Å²) in [6, 6.07) is 11.8. The quantitative estimate of drug-likeness (QED) is 0.909. The fraction of sp³-hybridized carbons (Fsp3) is 0.235. The van der Waals surface area contributed by atoms with Crippen molar-refractivity contribution in [2.24, 2.45) is 0 Å². The summed E-state index contributed by atoms with van der Waals surface area (Å²) in [5.74, 6) is -0.441. The van der Waals surface area contributed by atoms with Crippen LogP contribution in [0.25, 0.3) is 0 Å². The number of hydrogen-bond donors (Lipinski definition) is 2. The Kier molecular flexibility index (Phi) is 3.71. The van der Waals surface area contributed by atoms with Crippen LogP contribution in [0.5, 0.6) is 0 Å². The van der Waals surface area contributed by atoms with E-state index in [-0.39, 0.29) is 18.1 Å². The van der Waals surface area contributed by atoms with Crippen LogP contribution in [-0.2, 0) is 12.8 Å². The molecular formula is C17H16FNO2. The molecule has 1 unspecified atom stereocenters. The lowest BCUT2D eigenvalue weighted by Crippen LogP contribution is -2.31. The van der Waals surface area contributed by atoms with Crippen molar-refractivity contribution in [1.82, 2.24) is 5.32 Å². The van der Waals surface area contributed by atoms with Crippen LogP contribution in [0.3, 0.4) is 0 Å². The maximum absolute atomic E-state index is 13.6. The van der Waals surface area contributed by atoms with E-state index in [0.29, 0.717) is 23.2 Å². The molecule has 1 atom stereocenters. The lowest BCUT2D eigenvalue weighted by molar-refractivity contribution is 0.0945. The molecule has 0 saturated carbocycles. The van der Waals surface area contributed by atoms with Crippen LogP contribution in [0.4, 0.5) is 4.39 Å². The molecule has 1 aliphatic heterocycles. The zero-order valence-corrected chi connectivity index (χ0v) is 11.5. The molecule has 1 heterocycles. The van der Waals surface area contributed by atoms with Crippen molar-refractivity contribution in [3.8, 4) is 0 Å². The van der Waals surface area contributed by atoms with Crippen LogP contribution in [0.2, 0.25) is 0 Å². The van der Waals surface area contributed by atoms with Crippen LogP contribution in [0.1, 0.15) is 33.2 Å². The van der Waals surface area contributed by atoms with E-state index in [1.165, 1.54) is 6.07 Å². The highest BCUT2D eigenvalue weighted by Crippen LogP contribution is 2.24. The Morgan fingerprint density at radius 1 is 1.24 bits per heavy atom. The number of benzene rings is 2. The molecule has 0 aromatic heterocycles. The van der Waals surface area contributed by atoms with Crippen LogP contribution in [-0.4, -0.2) is 17.6 Å². The lowest BCUT2D eigenvalue weighted by Gasteiger charge is -2.19. The van der Waals surface area contributed by atoms with E-state index < -0.39 is 6.10 Å². The molecule has 2 aromatic rings. The molecule has 3 rings (SSSR count). The number of nitrogens with one attached hydrogen (secondary N) is 1. The first-order valence-electron chi connectivity index (χ1n) is 6.97.